The van der Waals surface area contributed by atoms with Gasteiger partial charge in [-0.3, -0.25) is 8.98 Å². The van der Waals surface area contributed by atoms with Crippen LogP contribution in [0.25, 0.3) is 0 Å². The second kappa shape index (κ2) is 6.88. The van der Waals surface area contributed by atoms with Crippen LogP contribution in [0.5, 0.6) is 5.75 Å². The zero-order valence-corrected chi connectivity index (χ0v) is 14.6. The molecule has 23 heavy (non-hydrogen) atoms. The van der Waals surface area contributed by atoms with Crippen LogP contribution in [0.4, 0.5) is 0 Å². The topological polar surface area (TPSA) is 72.9 Å². The van der Waals surface area contributed by atoms with Crippen molar-refractivity contribution in [2.45, 2.75) is 26.3 Å². The lowest BCUT2D eigenvalue weighted by molar-refractivity contribution is -0.136. The number of hydrogen-bond donors (Lipinski definition) is 0. The smallest absolute Gasteiger partial charge is 0.264 e. The summed E-state index contributed by atoms with van der Waals surface area (Å²) >= 11 is 0. The molecule has 1 aliphatic rings. The quantitative estimate of drug-likeness (QED) is 0.707. The Bertz CT molecular complexity index is 673. The molecular weight excluding hydrogens is 318 g/mol. The molecule has 1 heterocycles. The van der Waals surface area contributed by atoms with Crippen molar-refractivity contribution in [2.75, 3.05) is 26.5 Å². The van der Waals surface area contributed by atoms with Gasteiger partial charge in [-0.25, -0.2) is 0 Å². The van der Waals surface area contributed by atoms with E-state index in [1.165, 1.54) is 0 Å². The van der Waals surface area contributed by atoms with Crippen LogP contribution in [0.1, 0.15) is 25.3 Å². The first-order valence-corrected chi connectivity index (χ1v) is 9.32. The summed E-state index contributed by atoms with van der Waals surface area (Å²) in [4.78, 5) is 14.5. The van der Waals surface area contributed by atoms with Gasteiger partial charge in [0.05, 0.1) is 25.4 Å². The van der Waals surface area contributed by atoms with Gasteiger partial charge in [0.25, 0.3) is 10.1 Å². The SMILES string of the molecule is COc1ccccc1CN1CCC(C)(CCOS(C)(=O)=O)C1=O. The molecule has 0 spiro atoms. The maximum atomic E-state index is 12.7. The van der Waals surface area contributed by atoms with Crippen molar-refractivity contribution in [2.24, 2.45) is 5.41 Å². The summed E-state index contributed by atoms with van der Waals surface area (Å²) in [5.74, 6) is 0.787. The molecule has 1 aliphatic heterocycles. The number of benzene rings is 1. The van der Waals surface area contributed by atoms with Gasteiger partial charge >= 0.3 is 0 Å². The van der Waals surface area contributed by atoms with Gasteiger partial charge in [-0.05, 0) is 18.9 Å². The Kier molecular flexibility index (Phi) is 5.31. The zero-order valence-electron chi connectivity index (χ0n) is 13.7. The monoisotopic (exact) mass is 341 g/mol. The first kappa shape index (κ1) is 17.7. The molecule has 7 heteroatoms. The molecule has 0 N–H and O–H groups in total. The minimum absolute atomic E-state index is 0.0282. The summed E-state index contributed by atoms with van der Waals surface area (Å²) in [6.07, 6.45) is 2.09. The molecule has 0 aliphatic carbocycles. The number of likely N-dealkylation sites (tertiary alicyclic amines) is 1. The van der Waals surface area contributed by atoms with E-state index in [-0.39, 0.29) is 12.5 Å². The summed E-state index contributed by atoms with van der Waals surface area (Å²) in [5, 5.41) is 0. The molecule has 6 nitrogen and oxygen atoms in total. The Morgan fingerprint density at radius 1 is 1.30 bits per heavy atom. The van der Waals surface area contributed by atoms with Crippen molar-refractivity contribution in [3.63, 3.8) is 0 Å². The van der Waals surface area contributed by atoms with Gasteiger partial charge in [-0.1, -0.05) is 25.1 Å². The third-order valence-electron chi connectivity index (χ3n) is 4.24. The number of rotatable bonds is 7. The van der Waals surface area contributed by atoms with Crippen LogP contribution < -0.4 is 4.74 Å². The molecule has 2 rings (SSSR count). The lowest BCUT2D eigenvalue weighted by Gasteiger charge is -2.23. The highest BCUT2D eigenvalue weighted by atomic mass is 32.2. The standard InChI is InChI=1S/C16H23NO5S/c1-16(9-11-22-23(3,19)20)8-10-17(15(16)18)12-13-6-4-5-7-14(13)21-2/h4-7H,8-12H2,1-3H3. The molecule has 1 aromatic rings. The predicted octanol–water partition coefficient (Wildman–Crippen LogP) is 1.80. The van der Waals surface area contributed by atoms with Gasteiger partial charge in [-0.2, -0.15) is 8.42 Å². The van der Waals surface area contributed by atoms with Crippen molar-refractivity contribution < 1.29 is 22.1 Å². The second-order valence-electron chi connectivity index (χ2n) is 6.13. The Morgan fingerprint density at radius 3 is 2.65 bits per heavy atom. The van der Waals surface area contributed by atoms with Crippen molar-refractivity contribution in [3.05, 3.63) is 29.8 Å². The van der Waals surface area contributed by atoms with E-state index >= 15 is 0 Å². The highest BCUT2D eigenvalue weighted by Gasteiger charge is 2.42. The second-order valence-corrected chi connectivity index (χ2v) is 7.77. The number of ether oxygens (including phenoxy) is 1. The van der Waals surface area contributed by atoms with Gasteiger partial charge in [0, 0.05) is 18.7 Å². The fourth-order valence-corrected chi connectivity index (χ4v) is 3.20. The average Bonchev–Trinajstić information content (AvgIpc) is 2.75. The largest absolute Gasteiger partial charge is 0.496 e. The lowest BCUT2D eigenvalue weighted by atomic mass is 9.85. The number of amides is 1. The summed E-state index contributed by atoms with van der Waals surface area (Å²) in [5.41, 5.74) is 0.382. The summed E-state index contributed by atoms with van der Waals surface area (Å²) < 4.78 is 32.2. The fraction of sp³-hybridized carbons (Fsp3) is 0.562. The van der Waals surface area contributed by atoms with Gasteiger partial charge in [-0.15, -0.1) is 0 Å². The molecule has 0 bridgehead atoms. The van der Waals surface area contributed by atoms with E-state index in [2.05, 4.69) is 0 Å². The maximum Gasteiger partial charge on any atom is 0.264 e. The fourth-order valence-electron chi connectivity index (χ4n) is 2.81. The summed E-state index contributed by atoms with van der Waals surface area (Å²) in [6.45, 7) is 3.03. The molecular formula is C16H23NO5S. The van der Waals surface area contributed by atoms with Gasteiger partial charge < -0.3 is 9.64 Å². The molecule has 0 saturated carbocycles. The normalized spacial score (nSPS) is 21.7. The highest BCUT2D eigenvalue weighted by Crippen LogP contribution is 2.36. The third-order valence-corrected chi connectivity index (χ3v) is 4.84. The first-order chi connectivity index (χ1) is 10.7. The van der Waals surface area contributed by atoms with Crippen LogP contribution >= 0.6 is 0 Å². The average molecular weight is 341 g/mol. The zero-order chi connectivity index (χ0) is 17.1. The van der Waals surface area contributed by atoms with E-state index in [0.717, 1.165) is 17.6 Å². The first-order valence-electron chi connectivity index (χ1n) is 7.51. The minimum atomic E-state index is -3.47. The van der Waals surface area contributed by atoms with Crippen molar-refractivity contribution in [1.82, 2.24) is 4.90 Å². The van der Waals surface area contributed by atoms with Crippen molar-refractivity contribution in [3.8, 4) is 5.75 Å². The maximum absolute atomic E-state index is 12.7. The molecule has 1 amide bonds. The van der Waals surface area contributed by atoms with E-state index in [9.17, 15) is 13.2 Å². The molecule has 0 radical (unpaired) electrons. The van der Waals surface area contributed by atoms with Gasteiger partial charge in [0.15, 0.2) is 0 Å². The lowest BCUT2D eigenvalue weighted by Crippen LogP contribution is -2.33. The third kappa shape index (κ3) is 4.45. The number of para-hydroxylation sites is 1. The summed E-state index contributed by atoms with van der Waals surface area (Å²) in [7, 11) is -1.86. The molecule has 1 unspecified atom stereocenters. The van der Waals surface area contributed by atoms with Crippen LogP contribution in [0.2, 0.25) is 0 Å². The predicted molar refractivity (Wildman–Crippen MR) is 86.5 cm³/mol. The van der Waals surface area contributed by atoms with Crippen LogP contribution in [-0.4, -0.2) is 45.7 Å². The van der Waals surface area contributed by atoms with E-state index in [1.807, 2.05) is 31.2 Å². The van der Waals surface area contributed by atoms with E-state index in [4.69, 9.17) is 8.92 Å². The number of hydrogen-bond acceptors (Lipinski definition) is 5. The van der Waals surface area contributed by atoms with Crippen LogP contribution in [-0.2, 0) is 25.6 Å². The Hall–Kier alpha value is -1.60. The molecule has 0 aromatic heterocycles. The number of carbonyl (C=O) groups is 1. The number of carbonyl (C=O) groups excluding carboxylic acids is 1. The van der Waals surface area contributed by atoms with Crippen LogP contribution in [0, 0.1) is 5.41 Å². The van der Waals surface area contributed by atoms with E-state index < -0.39 is 15.5 Å². The molecule has 1 aromatic carbocycles. The summed E-state index contributed by atoms with van der Waals surface area (Å²) in [6, 6.07) is 7.61. The Labute approximate surface area is 137 Å². The Morgan fingerprint density at radius 2 is 2.00 bits per heavy atom. The number of nitrogens with zero attached hydrogens (tertiary/aromatic N) is 1. The van der Waals surface area contributed by atoms with Crippen molar-refractivity contribution in [1.29, 1.82) is 0 Å². The molecule has 1 saturated heterocycles. The molecule has 1 atom stereocenters. The van der Waals surface area contributed by atoms with Gasteiger partial charge in [0.1, 0.15) is 5.75 Å². The van der Waals surface area contributed by atoms with Crippen molar-refractivity contribution >= 4 is 16.0 Å². The van der Waals surface area contributed by atoms with Crippen LogP contribution in [0.15, 0.2) is 24.3 Å². The van der Waals surface area contributed by atoms with E-state index in [1.54, 1.807) is 12.0 Å². The molecule has 128 valence electrons. The van der Waals surface area contributed by atoms with Gasteiger partial charge in [0.2, 0.25) is 5.91 Å². The van der Waals surface area contributed by atoms with Crippen LogP contribution in [0.3, 0.4) is 0 Å². The number of methoxy groups -OCH3 is 1. The highest BCUT2D eigenvalue weighted by molar-refractivity contribution is 7.85. The Balaban J connectivity index is 2.00. The van der Waals surface area contributed by atoms with E-state index in [0.29, 0.717) is 25.9 Å². The molecule has 1 fully saturated rings. The minimum Gasteiger partial charge on any atom is -0.496 e.